The lowest BCUT2D eigenvalue weighted by atomic mass is 9.92. The third kappa shape index (κ3) is 5.40. The molecular formula is C17H22ClNO2. The Hall–Kier alpha value is -1.53. The predicted octanol–water partition coefficient (Wildman–Crippen LogP) is 4.89. The van der Waals surface area contributed by atoms with Crippen LogP contribution in [-0.2, 0) is 4.79 Å². The van der Waals surface area contributed by atoms with Crippen molar-refractivity contribution in [3.8, 4) is 11.8 Å². The first-order chi connectivity index (χ1) is 10.1. The number of methoxy groups -OCH3 is 1. The standard InChI is InChI=1S/C17H22ClNO2/c1-3-4-5-6-7-8-16(20)15(12-19)14-11-13(18)9-10-17(14)21-2/h9-11,15H,3-8H2,1-2H3. The molecule has 0 N–H and O–H groups in total. The molecule has 1 unspecified atom stereocenters. The zero-order chi connectivity index (χ0) is 15.7. The Morgan fingerprint density at radius 3 is 2.67 bits per heavy atom. The topological polar surface area (TPSA) is 50.1 Å². The minimum atomic E-state index is -0.801. The van der Waals surface area contributed by atoms with Crippen molar-refractivity contribution in [1.82, 2.24) is 0 Å². The van der Waals surface area contributed by atoms with Crippen molar-refractivity contribution >= 4 is 17.4 Å². The monoisotopic (exact) mass is 307 g/mol. The van der Waals surface area contributed by atoms with Gasteiger partial charge in [-0.3, -0.25) is 4.79 Å². The highest BCUT2D eigenvalue weighted by atomic mass is 35.5. The van der Waals surface area contributed by atoms with Crippen molar-refractivity contribution in [2.75, 3.05) is 7.11 Å². The number of Topliss-reactive ketones (excluding diaryl/α,β-unsaturated/α-hetero) is 1. The van der Waals surface area contributed by atoms with Crippen molar-refractivity contribution in [2.45, 2.75) is 51.4 Å². The highest BCUT2D eigenvalue weighted by molar-refractivity contribution is 6.30. The predicted molar refractivity (Wildman–Crippen MR) is 84.7 cm³/mol. The molecule has 0 heterocycles. The van der Waals surface area contributed by atoms with Crippen LogP contribution in [0.3, 0.4) is 0 Å². The minimum absolute atomic E-state index is 0.0606. The lowest BCUT2D eigenvalue weighted by Gasteiger charge is -2.13. The van der Waals surface area contributed by atoms with Gasteiger partial charge in [0.15, 0.2) is 5.78 Å². The normalized spacial score (nSPS) is 11.7. The number of ether oxygens (including phenoxy) is 1. The van der Waals surface area contributed by atoms with E-state index in [1.165, 1.54) is 20.0 Å². The molecule has 0 spiro atoms. The molecule has 0 radical (unpaired) electrons. The second kappa shape index (κ2) is 9.41. The van der Waals surface area contributed by atoms with Crippen molar-refractivity contribution in [2.24, 2.45) is 0 Å². The van der Waals surface area contributed by atoms with E-state index in [2.05, 4.69) is 13.0 Å². The number of carbonyl (C=O) groups excluding carboxylic acids is 1. The van der Waals surface area contributed by atoms with E-state index in [1.807, 2.05) is 0 Å². The summed E-state index contributed by atoms with van der Waals surface area (Å²) in [4.78, 5) is 12.3. The molecule has 1 aromatic carbocycles. The second-order valence-electron chi connectivity index (χ2n) is 5.08. The van der Waals surface area contributed by atoms with Crippen LogP contribution in [-0.4, -0.2) is 12.9 Å². The highest BCUT2D eigenvalue weighted by Gasteiger charge is 2.23. The summed E-state index contributed by atoms with van der Waals surface area (Å²) in [7, 11) is 1.52. The molecule has 0 aromatic heterocycles. The van der Waals surface area contributed by atoms with Crippen LogP contribution in [0.5, 0.6) is 5.75 Å². The number of hydrogen-bond acceptors (Lipinski definition) is 3. The molecule has 0 fully saturated rings. The van der Waals surface area contributed by atoms with E-state index in [1.54, 1.807) is 18.2 Å². The molecule has 21 heavy (non-hydrogen) atoms. The number of benzene rings is 1. The first-order valence-electron chi connectivity index (χ1n) is 7.39. The summed E-state index contributed by atoms with van der Waals surface area (Å²) in [5, 5.41) is 9.83. The van der Waals surface area contributed by atoms with Gasteiger partial charge in [-0.15, -0.1) is 0 Å². The Kier molecular flexibility index (Phi) is 7.85. The van der Waals surface area contributed by atoms with Crippen molar-refractivity contribution in [3.05, 3.63) is 28.8 Å². The van der Waals surface area contributed by atoms with Crippen LogP contribution in [0.1, 0.15) is 56.9 Å². The summed E-state index contributed by atoms with van der Waals surface area (Å²) in [5.41, 5.74) is 0.561. The molecular weight excluding hydrogens is 286 g/mol. The fourth-order valence-corrected chi connectivity index (χ4v) is 2.47. The Balaban J connectivity index is 2.72. The number of hydrogen-bond donors (Lipinski definition) is 0. The largest absolute Gasteiger partial charge is 0.496 e. The summed E-state index contributed by atoms with van der Waals surface area (Å²) >= 11 is 5.96. The van der Waals surface area contributed by atoms with Gasteiger partial charge in [-0.25, -0.2) is 0 Å². The fourth-order valence-electron chi connectivity index (χ4n) is 2.29. The number of rotatable bonds is 9. The lowest BCUT2D eigenvalue weighted by molar-refractivity contribution is -0.119. The zero-order valence-electron chi connectivity index (χ0n) is 12.7. The highest BCUT2D eigenvalue weighted by Crippen LogP contribution is 2.31. The fraction of sp³-hybridized carbons (Fsp3) is 0.529. The van der Waals surface area contributed by atoms with E-state index in [-0.39, 0.29) is 5.78 Å². The third-order valence-electron chi connectivity index (χ3n) is 3.48. The van der Waals surface area contributed by atoms with Gasteiger partial charge in [-0.2, -0.15) is 5.26 Å². The number of unbranched alkanes of at least 4 members (excludes halogenated alkanes) is 4. The van der Waals surface area contributed by atoms with Gasteiger partial charge in [0, 0.05) is 17.0 Å². The Labute approximate surface area is 131 Å². The second-order valence-corrected chi connectivity index (χ2v) is 5.52. The molecule has 0 saturated heterocycles. The lowest BCUT2D eigenvalue weighted by Crippen LogP contribution is -2.12. The Morgan fingerprint density at radius 2 is 2.05 bits per heavy atom. The molecule has 114 valence electrons. The van der Waals surface area contributed by atoms with Crippen LogP contribution < -0.4 is 4.74 Å². The Morgan fingerprint density at radius 1 is 1.33 bits per heavy atom. The van der Waals surface area contributed by atoms with E-state index in [0.717, 1.165) is 19.3 Å². The summed E-state index contributed by atoms with van der Waals surface area (Å²) in [5.74, 6) is -0.329. The van der Waals surface area contributed by atoms with Gasteiger partial charge in [-0.1, -0.05) is 44.2 Å². The van der Waals surface area contributed by atoms with Gasteiger partial charge in [0.1, 0.15) is 11.7 Å². The molecule has 0 saturated carbocycles. The minimum Gasteiger partial charge on any atom is -0.496 e. The molecule has 0 aliphatic rings. The zero-order valence-corrected chi connectivity index (χ0v) is 13.4. The molecule has 3 nitrogen and oxygen atoms in total. The SMILES string of the molecule is CCCCCCCC(=O)C(C#N)c1cc(Cl)ccc1OC. The molecule has 1 rings (SSSR count). The van der Waals surface area contributed by atoms with Crippen LogP contribution in [0.4, 0.5) is 0 Å². The quantitative estimate of drug-likeness (QED) is 0.611. The third-order valence-corrected chi connectivity index (χ3v) is 3.72. The molecule has 0 amide bonds. The molecule has 1 aromatic rings. The molecule has 0 bridgehead atoms. The molecule has 4 heteroatoms. The van der Waals surface area contributed by atoms with E-state index in [9.17, 15) is 10.1 Å². The van der Waals surface area contributed by atoms with E-state index >= 15 is 0 Å². The first-order valence-corrected chi connectivity index (χ1v) is 7.77. The van der Waals surface area contributed by atoms with Gasteiger partial charge in [0.05, 0.1) is 13.2 Å². The summed E-state index contributed by atoms with van der Waals surface area (Å²) in [6.07, 6.45) is 5.80. The van der Waals surface area contributed by atoms with E-state index in [4.69, 9.17) is 16.3 Å². The Bertz CT molecular complexity index is 508. The van der Waals surface area contributed by atoms with E-state index in [0.29, 0.717) is 22.8 Å². The van der Waals surface area contributed by atoms with Gasteiger partial charge < -0.3 is 4.74 Å². The van der Waals surface area contributed by atoms with E-state index < -0.39 is 5.92 Å². The van der Waals surface area contributed by atoms with Crippen molar-refractivity contribution in [3.63, 3.8) is 0 Å². The van der Waals surface area contributed by atoms with Crippen molar-refractivity contribution < 1.29 is 9.53 Å². The van der Waals surface area contributed by atoms with Crippen LogP contribution in [0.15, 0.2) is 18.2 Å². The van der Waals surface area contributed by atoms with Crippen LogP contribution in [0.25, 0.3) is 0 Å². The number of nitriles is 1. The maximum atomic E-state index is 12.3. The maximum absolute atomic E-state index is 12.3. The maximum Gasteiger partial charge on any atom is 0.154 e. The van der Waals surface area contributed by atoms with Gasteiger partial charge in [0.25, 0.3) is 0 Å². The summed E-state index contributed by atoms with van der Waals surface area (Å²) < 4.78 is 5.23. The molecule has 1 atom stereocenters. The number of halogens is 1. The van der Waals surface area contributed by atoms with Crippen LogP contribution in [0.2, 0.25) is 5.02 Å². The van der Waals surface area contributed by atoms with Gasteiger partial charge in [0.2, 0.25) is 0 Å². The average Bonchev–Trinajstić information content (AvgIpc) is 2.48. The molecule has 0 aliphatic carbocycles. The van der Waals surface area contributed by atoms with Crippen LogP contribution in [0, 0.1) is 11.3 Å². The summed E-state index contributed by atoms with van der Waals surface area (Å²) in [6, 6.07) is 7.11. The number of ketones is 1. The van der Waals surface area contributed by atoms with Gasteiger partial charge >= 0.3 is 0 Å². The summed E-state index contributed by atoms with van der Waals surface area (Å²) in [6.45, 7) is 2.16. The molecule has 0 aliphatic heterocycles. The van der Waals surface area contributed by atoms with Crippen LogP contribution >= 0.6 is 11.6 Å². The van der Waals surface area contributed by atoms with Crippen molar-refractivity contribution in [1.29, 1.82) is 5.26 Å². The van der Waals surface area contributed by atoms with Gasteiger partial charge in [-0.05, 0) is 24.6 Å². The number of carbonyl (C=O) groups is 1. The average molecular weight is 308 g/mol. The number of nitrogens with zero attached hydrogens (tertiary/aromatic N) is 1. The smallest absolute Gasteiger partial charge is 0.154 e. The first kappa shape index (κ1) is 17.5.